The number of amides is 1. The predicted molar refractivity (Wildman–Crippen MR) is 74.9 cm³/mol. The van der Waals surface area contributed by atoms with Gasteiger partial charge in [0, 0.05) is 38.1 Å². The fourth-order valence-electron chi connectivity index (χ4n) is 2.79. The topological polar surface area (TPSA) is 67.2 Å². The van der Waals surface area contributed by atoms with E-state index in [1.165, 1.54) is 0 Å². The first-order valence-electron chi connectivity index (χ1n) is 7.36. The van der Waals surface area contributed by atoms with Gasteiger partial charge >= 0.3 is 0 Å². The van der Waals surface area contributed by atoms with Crippen molar-refractivity contribution in [2.75, 3.05) is 19.6 Å². The van der Waals surface area contributed by atoms with Crippen molar-refractivity contribution in [1.82, 2.24) is 30.0 Å². The standard InChI is InChI=1S/C13H24N6O/c1-4-12-9-17(7-8-19(12)11(2)3)13(20)5-6-18-10-14-15-16-18/h10-12H,4-9H2,1-3H3. The summed E-state index contributed by atoms with van der Waals surface area (Å²) >= 11 is 0. The van der Waals surface area contributed by atoms with Crippen LogP contribution < -0.4 is 0 Å². The minimum absolute atomic E-state index is 0.197. The normalized spacial score (nSPS) is 20.6. The molecule has 0 spiro atoms. The van der Waals surface area contributed by atoms with Gasteiger partial charge in [-0.2, -0.15) is 0 Å². The van der Waals surface area contributed by atoms with E-state index in [0.29, 0.717) is 25.0 Å². The molecule has 1 aromatic heterocycles. The van der Waals surface area contributed by atoms with Crippen LogP contribution in [0.5, 0.6) is 0 Å². The highest BCUT2D eigenvalue weighted by molar-refractivity contribution is 5.76. The number of carbonyl (C=O) groups excluding carboxylic acids is 1. The van der Waals surface area contributed by atoms with Crippen molar-refractivity contribution in [1.29, 1.82) is 0 Å². The van der Waals surface area contributed by atoms with Gasteiger partial charge < -0.3 is 4.90 Å². The molecule has 1 unspecified atom stereocenters. The summed E-state index contributed by atoms with van der Waals surface area (Å²) in [5, 5.41) is 10.9. The molecule has 1 amide bonds. The molecule has 0 aromatic carbocycles. The summed E-state index contributed by atoms with van der Waals surface area (Å²) in [5.41, 5.74) is 0. The van der Waals surface area contributed by atoms with Crippen LogP contribution in [0.25, 0.3) is 0 Å². The minimum atomic E-state index is 0.197. The first kappa shape index (κ1) is 14.9. The van der Waals surface area contributed by atoms with E-state index >= 15 is 0 Å². The van der Waals surface area contributed by atoms with Crippen LogP contribution in [-0.2, 0) is 11.3 Å². The van der Waals surface area contributed by atoms with Gasteiger partial charge in [-0.3, -0.25) is 9.69 Å². The fourth-order valence-corrected chi connectivity index (χ4v) is 2.79. The molecule has 0 radical (unpaired) electrons. The molecular formula is C13H24N6O. The summed E-state index contributed by atoms with van der Waals surface area (Å²) in [4.78, 5) is 16.7. The van der Waals surface area contributed by atoms with Crippen LogP contribution in [0.15, 0.2) is 6.33 Å². The van der Waals surface area contributed by atoms with Gasteiger partial charge in [-0.1, -0.05) is 6.92 Å². The molecule has 0 aliphatic carbocycles. The Balaban J connectivity index is 1.85. The molecule has 0 bridgehead atoms. The van der Waals surface area contributed by atoms with Crippen LogP contribution in [0.4, 0.5) is 0 Å². The van der Waals surface area contributed by atoms with Crippen LogP contribution in [-0.4, -0.2) is 67.6 Å². The average Bonchev–Trinajstić information content (AvgIpc) is 2.97. The van der Waals surface area contributed by atoms with Crippen LogP contribution in [0.2, 0.25) is 0 Å². The van der Waals surface area contributed by atoms with Gasteiger partial charge in [0.1, 0.15) is 6.33 Å². The van der Waals surface area contributed by atoms with Crippen molar-refractivity contribution in [2.45, 2.75) is 52.2 Å². The van der Waals surface area contributed by atoms with E-state index in [1.807, 2.05) is 4.90 Å². The maximum atomic E-state index is 12.3. The minimum Gasteiger partial charge on any atom is -0.340 e. The number of hydrogen-bond acceptors (Lipinski definition) is 5. The fraction of sp³-hybridized carbons (Fsp3) is 0.846. The SMILES string of the molecule is CCC1CN(C(=O)CCn2cnnn2)CCN1C(C)C. The largest absolute Gasteiger partial charge is 0.340 e. The number of aromatic nitrogens is 4. The van der Waals surface area contributed by atoms with Crippen molar-refractivity contribution in [3.05, 3.63) is 6.33 Å². The molecule has 1 aliphatic rings. The maximum Gasteiger partial charge on any atom is 0.224 e. The van der Waals surface area contributed by atoms with Crippen LogP contribution in [0, 0.1) is 0 Å². The number of aryl methyl sites for hydroxylation is 1. The van der Waals surface area contributed by atoms with Crippen LogP contribution in [0.1, 0.15) is 33.6 Å². The van der Waals surface area contributed by atoms with Gasteiger partial charge in [0.25, 0.3) is 0 Å². The highest BCUT2D eigenvalue weighted by Gasteiger charge is 2.29. The van der Waals surface area contributed by atoms with Gasteiger partial charge in [-0.05, 0) is 30.7 Å². The molecule has 0 N–H and O–H groups in total. The lowest BCUT2D eigenvalue weighted by atomic mass is 10.1. The van der Waals surface area contributed by atoms with Gasteiger partial charge in [-0.15, -0.1) is 5.10 Å². The van der Waals surface area contributed by atoms with Crippen LogP contribution in [0.3, 0.4) is 0 Å². The average molecular weight is 280 g/mol. The third-order valence-corrected chi connectivity index (χ3v) is 3.96. The Morgan fingerprint density at radius 3 is 2.80 bits per heavy atom. The summed E-state index contributed by atoms with van der Waals surface area (Å²) in [5.74, 6) is 0.197. The van der Waals surface area contributed by atoms with E-state index < -0.39 is 0 Å². The Kier molecular flexibility index (Phi) is 5.05. The second-order valence-electron chi connectivity index (χ2n) is 5.56. The van der Waals surface area contributed by atoms with Gasteiger partial charge in [0.05, 0.1) is 6.54 Å². The van der Waals surface area contributed by atoms with Gasteiger partial charge in [0.15, 0.2) is 0 Å². The highest BCUT2D eigenvalue weighted by atomic mass is 16.2. The first-order valence-corrected chi connectivity index (χ1v) is 7.36. The molecule has 1 saturated heterocycles. The molecule has 7 heteroatoms. The number of rotatable bonds is 5. The summed E-state index contributed by atoms with van der Waals surface area (Å²) < 4.78 is 1.60. The van der Waals surface area contributed by atoms with Crippen molar-refractivity contribution in [3.63, 3.8) is 0 Å². The van der Waals surface area contributed by atoms with Crippen LogP contribution >= 0.6 is 0 Å². The molecule has 7 nitrogen and oxygen atoms in total. The molecule has 1 aromatic rings. The smallest absolute Gasteiger partial charge is 0.224 e. The maximum absolute atomic E-state index is 12.3. The number of carbonyl (C=O) groups is 1. The number of nitrogens with zero attached hydrogens (tertiary/aromatic N) is 6. The number of piperazine rings is 1. The van der Waals surface area contributed by atoms with Gasteiger partial charge in [0.2, 0.25) is 5.91 Å². The Morgan fingerprint density at radius 1 is 1.40 bits per heavy atom. The van der Waals surface area contributed by atoms with Crippen molar-refractivity contribution in [2.24, 2.45) is 0 Å². The lowest BCUT2D eigenvalue weighted by molar-refractivity contribution is -0.135. The van der Waals surface area contributed by atoms with E-state index in [9.17, 15) is 4.79 Å². The molecule has 1 aliphatic heterocycles. The van der Waals surface area contributed by atoms with Crippen molar-refractivity contribution < 1.29 is 4.79 Å². The zero-order valence-corrected chi connectivity index (χ0v) is 12.6. The van der Waals surface area contributed by atoms with E-state index in [4.69, 9.17) is 0 Å². The Hall–Kier alpha value is -1.50. The predicted octanol–water partition coefficient (Wildman–Crippen LogP) is 0.394. The summed E-state index contributed by atoms with van der Waals surface area (Å²) in [6.45, 7) is 9.80. The molecule has 20 heavy (non-hydrogen) atoms. The molecule has 2 heterocycles. The zero-order chi connectivity index (χ0) is 14.5. The van der Waals surface area contributed by atoms with E-state index in [-0.39, 0.29) is 5.91 Å². The quantitative estimate of drug-likeness (QED) is 0.781. The molecule has 112 valence electrons. The third kappa shape index (κ3) is 3.53. The third-order valence-electron chi connectivity index (χ3n) is 3.96. The van der Waals surface area contributed by atoms with E-state index in [0.717, 1.165) is 26.1 Å². The second kappa shape index (κ2) is 6.78. The van der Waals surface area contributed by atoms with E-state index in [2.05, 4.69) is 41.2 Å². The molecule has 2 rings (SSSR count). The summed E-state index contributed by atoms with van der Waals surface area (Å²) in [6.07, 6.45) is 3.08. The first-order chi connectivity index (χ1) is 9.61. The summed E-state index contributed by atoms with van der Waals surface area (Å²) in [7, 11) is 0. The molecule has 0 saturated carbocycles. The van der Waals surface area contributed by atoms with E-state index in [1.54, 1.807) is 11.0 Å². The Morgan fingerprint density at radius 2 is 2.20 bits per heavy atom. The molecular weight excluding hydrogens is 256 g/mol. The second-order valence-corrected chi connectivity index (χ2v) is 5.56. The number of hydrogen-bond donors (Lipinski definition) is 0. The van der Waals surface area contributed by atoms with Crippen molar-refractivity contribution >= 4 is 5.91 Å². The Bertz CT molecular complexity index is 419. The molecule has 1 fully saturated rings. The van der Waals surface area contributed by atoms with Gasteiger partial charge in [-0.25, -0.2) is 4.68 Å². The molecule has 1 atom stereocenters. The lowest BCUT2D eigenvalue weighted by Crippen LogP contribution is -2.56. The summed E-state index contributed by atoms with van der Waals surface area (Å²) in [6, 6.07) is 1.01. The number of tetrazole rings is 1. The highest BCUT2D eigenvalue weighted by Crippen LogP contribution is 2.16. The monoisotopic (exact) mass is 280 g/mol. The Labute approximate surface area is 119 Å². The lowest BCUT2D eigenvalue weighted by Gasteiger charge is -2.43. The zero-order valence-electron chi connectivity index (χ0n) is 12.6. The van der Waals surface area contributed by atoms with Crippen molar-refractivity contribution in [3.8, 4) is 0 Å².